The Hall–Kier alpha value is -1.88. The third-order valence-corrected chi connectivity index (χ3v) is 5.39. The first-order chi connectivity index (χ1) is 10.3. The quantitative estimate of drug-likeness (QED) is 0.485. The third-order valence-electron chi connectivity index (χ3n) is 4.63. The van der Waals surface area contributed by atoms with Crippen molar-refractivity contribution in [2.24, 2.45) is 11.3 Å². The zero-order chi connectivity index (χ0) is 16.3. The molecule has 2 aliphatic rings. The molecular weight excluding hydrogens is 306 g/mol. The van der Waals surface area contributed by atoms with E-state index >= 15 is 0 Å². The fourth-order valence-electron chi connectivity index (χ4n) is 3.24. The number of hydrogen-bond acceptors (Lipinski definition) is 4. The molecule has 1 heterocycles. The van der Waals surface area contributed by atoms with Crippen molar-refractivity contribution < 1.29 is 19.1 Å². The summed E-state index contributed by atoms with van der Waals surface area (Å²) in [5.41, 5.74) is 0.289. The normalized spacial score (nSPS) is 32.9. The minimum Gasteiger partial charge on any atom is -0.465 e. The third kappa shape index (κ3) is 1.57. The van der Waals surface area contributed by atoms with Gasteiger partial charge in [0.25, 0.3) is 0 Å². The lowest BCUT2D eigenvalue weighted by Gasteiger charge is -2.23. The zero-order valence-corrected chi connectivity index (χ0v) is 13.3. The van der Waals surface area contributed by atoms with Gasteiger partial charge in [-0.15, -0.1) is 11.6 Å². The molecule has 2 amide bonds. The number of carbonyl (C=O) groups excluding carboxylic acids is 3. The molecule has 1 aromatic rings. The fourth-order valence-corrected chi connectivity index (χ4v) is 3.74. The van der Waals surface area contributed by atoms with Crippen LogP contribution in [0.3, 0.4) is 0 Å². The van der Waals surface area contributed by atoms with E-state index in [1.807, 2.05) is 19.1 Å². The number of ether oxygens (including phenoxy) is 1. The van der Waals surface area contributed by atoms with Gasteiger partial charge in [0.1, 0.15) is 0 Å². The molecule has 3 rings (SSSR count). The number of imide groups is 1. The number of hydrogen-bond donors (Lipinski definition) is 0. The summed E-state index contributed by atoms with van der Waals surface area (Å²) in [6, 6.07) is 7.06. The van der Waals surface area contributed by atoms with E-state index in [0.29, 0.717) is 5.69 Å². The molecule has 1 saturated heterocycles. The molecule has 3 atom stereocenters. The number of halogens is 1. The van der Waals surface area contributed by atoms with Crippen molar-refractivity contribution in [1.82, 2.24) is 0 Å². The van der Waals surface area contributed by atoms with Crippen LogP contribution in [-0.2, 0) is 19.1 Å². The van der Waals surface area contributed by atoms with E-state index < -0.39 is 34.0 Å². The van der Waals surface area contributed by atoms with Crippen molar-refractivity contribution in [2.75, 3.05) is 11.5 Å². The standard InChI is InChI=1S/C16H16ClNO4/c1-4-22-14(21)16(17)11-12(19)18(13(20)15(11,16)3)10-7-5-9(2)6-8-10/h5-8,11H,4H2,1-3H3. The number of fused-ring (bicyclic) bond motifs is 1. The van der Waals surface area contributed by atoms with Gasteiger partial charge in [-0.25, -0.2) is 4.90 Å². The Bertz CT molecular complexity index is 686. The molecule has 2 fully saturated rings. The van der Waals surface area contributed by atoms with E-state index in [9.17, 15) is 14.4 Å². The SMILES string of the molecule is CCOC(=O)C1(Cl)C2C(=O)N(c3ccc(C)cc3)C(=O)C21C. The molecule has 0 radical (unpaired) electrons. The van der Waals surface area contributed by atoms with Gasteiger partial charge in [0.2, 0.25) is 11.8 Å². The average molecular weight is 322 g/mol. The molecule has 6 heteroatoms. The summed E-state index contributed by atoms with van der Waals surface area (Å²) in [6.07, 6.45) is 0. The molecule has 22 heavy (non-hydrogen) atoms. The second kappa shape index (κ2) is 4.56. The summed E-state index contributed by atoms with van der Waals surface area (Å²) in [7, 11) is 0. The second-order valence-corrected chi connectivity index (χ2v) is 6.48. The van der Waals surface area contributed by atoms with Gasteiger partial charge >= 0.3 is 5.97 Å². The molecule has 1 saturated carbocycles. The van der Waals surface area contributed by atoms with Crippen LogP contribution in [0.4, 0.5) is 5.69 Å². The number of nitrogens with zero attached hydrogens (tertiary/aromatic N) is 1. The highest BCUT2D eigenvalue weighted by Crippen LogP contribution is 2.71. The van der Waals surface area contributed by atoms with Crippen LogP contribution in [0.1, 0.15) is 19.4 Å². The summed E-state index contributed by atoms with van der Waals surface area (Å²) < 4.78 is 4.93. The molecule has 116 valence electrons. The number of aryl methyl sites for hydroxylation is 1. The van der Waals surface area contributed by atoms with Gasteiger partial charge in [0, 0.05) is 0 Å². The number of piperidine rings is 1. The van der Waals surface area contributed by atoms with Crippen molar-refractivity contribution in [1.29, 1.82) is 0 Å². The lowest BCUT2D eigenvalue weighted by atomic mass is 10.0. The Morgan fingerprint density at radius 1 is 1.32 bits per heavy atom. The molecule has 5 nitrogen and oxygen atoms in total. The Balaban J connectivity index is 1.95. The van der Waals surface area contributed by atoms with Gasteiger partial charge in [0.15, 0.2) is 4.87 Å². The number of amides is 2. The number of alkyl halides is 1. The van der Waals surface area contributed by atoms with E-state index in [1.54, 1.807) is 26.0 Å². The van der Waals surface area contributed by atoms with E-state index in [1.165, 1.54) is 0 Å². The number of benzene rings is 1. The summed E-state index contributed by atoms with van der Waals surface area (Å²) in [5.74, 6) is -2.46. The highest BCUT2D eigenvalue weighted by atomic mass is 35.5. The Labute approximate surface area is 133 Å². The van der Waals surface area contributed by atoms with Crippen molar-refractivity contribution in [3.63, 3.8) is 0 Å². The average Bonchev–Trinajstić information content (AvgIpc) is 2.91. The molecule has 3 unspecified atom stereocenters. The Kier molecular flexibility index (Phi) is 3.11. The lowest BCUT2D eigenvalue weighted by Crippen LogP contribution is -2.44. The molecule has 0 bridgehead atoms. The first kappa shape index (κ1) is 15.0. The second-order valence-electron chi connectivity index (χ2n) is 5.88. The monoisotopic (exact) mass is 321 g/mol. The van der Waals surface area contributed by atoms with Gasteiger partial charge in [-0.3, -0.25) is 14.4 Å². The van der Waals surface area contributed by atoms with E-state index in [-0.39, 0.29) is 6.61 Å². The van der Waals surface area contributed by atoms with Crippen molar-refractivity contribution in [3.8, 4) is 0 Å². The molecule has 0 aromatic heterocycles. The van der Waals surface area contributed by atoms with Gasteiger partial charge < -0.3 is 4.74 Å². The summed E-state index contributed by atoms with van der Waals surface area (Å²) >= 11 is 6.31. The van der Waals surface area contributed by atoms with Gasteiger partial charge in [-0.2, -0.15) is 0 Å². The van der Waals surface area contributed by atoms with E-state index in [0.717, 1.165) is 10.5 Å². The van der Waals surface area contributed by atoms with Crippen LogP contribution < -0.4 is 4.90 Å². The summed E-state index contributed by atoms with van der Waals surface area (Å²) in [5, 5.41) is 0. The minimum absolute atomic E-state index is 0.153. The minimum atomic E-state index is -1.57. The maximum atomic E-state index is 12.7. The fraction of sp³-hybridized carbons (Fsp3) is 0.438. The molecule has 1 aliphatic carbocycles. The molecule has 1 aromatic carbocycles. The highest BCUT2D eigenvalue weighted by molar-refractivity contribution is 6.48. The maximum Gasteiger partial charge on any atom is 0.329 e. The predicted molar refractivity (Wildman–Crippen MR) is 80.5 cm³/mol. The van der Waals surface area contributed by atoms with Gasteiger partial charge in [0.05, 0.1) is 23.6 Å². The van der Waals surface area contributed by atoms with Gasteiger partial charge in [-0.05, 0) is 32.9 Å². The van der Waals surface area contributed by atoms with E-state index in [2.05, 4.69) is 0 Å². The van der Waals surface area contributed by atoms with Crippen LogP contribution in [0.2, 0.25) is 0 Å². The van der Waals surface area contributed by atoms with Crippen LogP contribution in [-0.4, -0.2) is 29.3 Å². The first-order valence-corrected chi connectivity index (χ1v) is 7.49. The Morgan fingerprint density at radius 2 is 1.91 bits per heavy atom. The largest absolute Gasteiger partial charge is 0.465 e. The van der Waals surface area contributed by atoms with Crippen LogP contribution in [0, 0.1) is 18.3 Å². The summed E-state index contributed by atoms with van der Waals surface area (Å²) in [4.78, 5) is 36.9. The van der Waals surface area contributed by atoms with Gasteiger partial charge in [-0.1, -0.05) is 17.7 Å². The van der Waals surface area contributed by atoms with Crippen molar-refractivity contribution >= 4 is 35.1 Å². The number of carbonyl (C=O) groups is 3. The number of anilines is 1. The van der Waals surface area contributed by atoms with Crippen LogP contribution in [0.15, 0.2) is 24.3 Å². The molecule has 0 N–H and O–H groups in total. The highest BCUT2D eigenvalue weighted by Gasteiger charge is 2.90. The first-order valence-electron chi connectivity index (χ1n) is 7.11. The lowest BCUT2D eigenvalue weighted by molar-refractivity contribution is -0.147. The number of rotatable bonds is 3. The Morgan fingerprint density at radius 3 is 2.36 bits per heavy atom. The van der Waals surface area contributed by atoms with Crippen LogP contribution >= 0.6 is 11.6 Å². The van der Waals surface area contributed by atoms with Crippen molar-refractivity contribution in [2.45, 2.75) is 25.6 Å². The molecule has 1 aliphatic heterocycles. The van der Waals surface area contributed by atoms with E-state index in [4.69, 9.17) is 16.3 Å². The topological polar surface area (TPSA) is 63.7 Å². The molecule has 0 spiro atoms. The predicted octanol–water partition coefficient (Wildman–Crippen LogP) is 2.05. The van der Waals surface area contributed by atoms with Crippen LogP contribution in [0.5, 0.6) is 0 Å². The number of esters is 1. The zero-order valence-electron chi connectivity index (χ0n) is 12.6. The smallest absolute Gasteiger partial charge is 0.329 e. The maximum absolute atomic E-state index is 12.7. The summed E-state index contributed by atoms with van der Waals surface area (Å²) in [6.45, 7) is 5.28. The van der Waals surface area contributed by atoms with Crippen molar-refractivity contribution in [3.05, 3.63) is 29.8 Å². The van der Waals surface area contributed by atoms with Crippen LogP contribution in [0.25, 0.3) is 0 Å². The molecular formula is C16H16ClNO4.